The smallest absolute Gasteiger partial charge is 0.272 e. The average Bonchev–Trinajstić information content (AvgIpc) is 3.12. The zero-order chi connectivity index (χ0) is 34.8. The van der Waals surface area contributed by atoms with Crippen molar-refractivity contribution < 1.29 is 23.9 Å². The first-order valence-corrected chi connectivity index (χ1v) is 16.6. The Morgan fingerprint density at radius 2 is 1.41 bits per heavy atom. The van der Waals surface area contributed by atoms with Crippen LogP contribution in [0.3, 0.4) is 0 Å². The molecule has 1 atom stereocenters. The van der Waals surface area contributed by atoms with Crippen LogP contribution in [0, 0.1) is 0 Å². The number of benzene rings is 5. The molecule has 5 rings (SSSR count). The van der Waals surface area contributed by atoms with E-state index in [0.29, 0.717) is 48.9 Å². The minimum Gasteiger partial charge on any atom is -0.493 e. The van der Waals surface area contributed by atoms with E-state index in [1.165, 1.54) is 32.1 Å². The Bertz CT molecular complexity index is 1990. The van der Waals surface area contributed by atoms with Gasteiger partial charge >= 0.3 is 0 Å². The number of para-hydroxylation sites is 1. The van der Waals surface area contributed by atoms with E-state index in [0.717, 1.165) is 5.56 Å². The molecule has 3 N–H and O–H groups in total. The summed E-state index contributed by atoms with van der Waals surface area (Å²) in [5.41, 5.74) is 2.60. The Morgan fingerprint density at radius 3 is 2.10 bits per heavy atom. The van der Waals surface area contributed by atoms with Crippen LogP contribution in [0.15, 0.2) is 132 Å². The van der Waals surface area contributed by atoms with Crippen molar-refractivity contribution in [3.8, 4) is 11.5 Å². The predicted octanol–water partition coefficient (Wildman–Crippen LogP) is 8.89. The van der Waals surface area contributed by atoms with Crippen LogP contribution in [0.1, 0.15) is 26.7 Å². The lowest BCUT2D eigenvalue weighted by Crippen LogP contribution is -2.30. The molecule has 0 aromatic heterocycles. The minimum atomic E-state index is -0.650. The number of ether oxygens (including phenoxy) is 2. The highest BCUT2D eigenvalue weighted by Crippen LogP contribution is 2.38. The summed E-state index contributed by atoms with van der Waals surface area (Å²) < 4.78 is 11.0. The number of anilines is 2. The summed E-state index contributed by atoms with van der Waals surface area (Å²) in [6.45, 7) is 0. The van der Waals surface area contributed by atoms with E-state index in [9.17, 15) is 14.4 Å². The number of carbonyl (C=O) groups excluding carboxylic acids is 3. The third-order valence-electron chi connectivity index (χ3n) is 7.14. The third-order valence-corrected chi connectivity index (χ3v) is 9.12. The zero-order valence-corrected chi connectivity index (χ0v) is 28.7. The minimum absolute atomic E-state index is 0.0263. The molecule has 5 aromatic rings. The highest BCUT2D eigenvalue weighted by Gasteiger charge is 2.23. The largest absolute Gasteiger partial charge is 0.493 e. The van der Waals surface area contributed by atoms with Crippen molar-refractivity contribution in [1.29, 1.82) is 0 Å². The van der Waals surface area contributed by atoms with Gasteiger partial charge in [-0.15, -0.1) is 11.8 Å². The van der Waals surface area contributed by atoms with Crippen LogP contribution in [0.5, 0.6) is 11.5 Å². The highest BCUT2D eigenvalue weighted by molar-refractivity contribution is 8.00. The van der Waals surface area contributed by atoms with Gasteiger partial charge in [-0.05, 0) is 66.2 Å². The molecule has 248 valence electrons. The molecule has 49 heavy (non-hydrogen) atoms. The van der Waals surface area contributed by atoms with Gasteiger partial charge in [0.2, 0.25) is 5.91 Å². The number of amides is 3. The molecule has 0 saturated carbocycles. The van der Waals surface area contributed by atoms with Crippen molar-refractivity contribution in [1.82, 2.24) is 5.32 Å². The Kier molecular flexibility index (Phi) is 12.0. The van der Waals surface area contributed by atoms with Gasteiger partial charge in [0.25, 0.3) is 11.8 Å². The Labute approximate surface area is 298 Å². The molecule has 0 saturated heterocycles. The molecule has 0 bridgehead atoms. The molecule has 0 aliphatic carbocycles. The van der Waals surface area contributed by atoms with E-state index in [1.54, 1.807) is 84.9 Å². The summed E-state index contributed by atoms with van der Waals surface area (Å²) in [4.78, 5) is 41.3. The van der Waals surface area contributed by atoms with Crippen molar-refractivity contribution in [2.24, 2.45) is 0 Å². The van der Waals surface area contributed by atoms with Gasteiger partial charge in [-0.2, -0.15) is 0 Å². The molecule has 0 aliphatic heterocycles. The number of nitrogens with one attached hydrogen (secondary N) is 3. The first kappa shape index (κ1) is 35.1. The topological polar surface area (TPSA) is 106 Å². The van der Waals surface area contributed by atoms with Gasteiger partial charge in [0.15, 0.2) is 11.5 Å². The molecule has 11 heteroatoms. The van der Waals surface area contributed by atoms with E-state index < -0.39 is 17.1 Å². The second-order valence-electron chi connectivity index (χ2n) is 10.5. The molecule has 3 amide bonds. The Morgan fingerprint density at radius 1 is 0.714 bits per heavy atom. The fourth-order valence-electron chi connectivity index (χ4n) is 4.79. The molecule has 0 radical (unpaired) electrons. The summed E-state index contributed by atoms with van der Waals surface area (Å²) in [7, 11) is 3.01. The maximum atomic E-state index is 13.8. The van der Waals surface area contributed by atoms with Gasteiger partial charge in [0, 0.05) is 27.4 Å². The zero-order valence-electron chi connectivity index (χ0n) is 26.4. The Hall–Kier alpha value is -5.22. The second-order valence-corrected chi connectivity index (χ2v) is 12.5. The van der Waals surface area contributed by atoms with Crippen molar-refractivity contribution in [3.63, 3.8) is 0 Å². The molecule has 0 spiro atoms. The lowest BCUT2D eigenvalue weighted by Gasteiger charge is -2.18. The SMILES string of the molecule is COc1cccc(/C=C(/NC(=O)c2ccccc2)C(=O)Nc2cccc(SC(C(=O)Nc3ccc(Cl)c(Cl)c3)c3ccccc3)c2)c1OC. The van der Waals surface area contributed by atoms with Gasteiger partial charge in [0.05, 0.1) is 24.3 Å². The summed E-state index contributed by atoms with van der Waals surface area (Å²) in [5, 5.41) is 8.61. The maximum Gasteiger partial charge on any atom is 0.272 e. The number of hydrogen-bond donors (Lipinski definition) is 3. The van der Waals surface area contributed by atoms with Crippen molar-refractivity contribution >= 4 is 70.1 Å². The fourth-order valence-corrected chi connectivity index (χ4v) is 6.17. The van der Waals surface area contributed by atoms with Crippen LogP contribution in [0.2, 0.25) is 10.0 Å². The van der Waals surface area contributed by atoms with E-state index in [1.807, 2.05) is 36.4 Å². The fraction of sp³-hybridized carbons (Fsp3) is 0.0789. The number of methoxy groups -OCH3 is 2. The molecule has 1 unspecified atom stereocenters. The van der Waals surface area contributed by atoms with Crippen molar-refractivity contribution in [2.75, 3.05) is 24.9 Å². The summed E-state index contributed by atoms with van der Waals surface area (Å²) in [5.74, 6) is -0.453. The highest BCUT2D eigenvalue weighted by atomic mass is 35.5. The van der Waals surface area contributed by atoms with E-state index in [2.05, 4.69) is 16.0 Å². The monoisotopic (exact) mass is 711 g/mol. The molecular weight excluding hydrogens is 681 g/mol. The number of rotatable bonds is 12. The van der Waals surface area contributed by atoms with Gasteiger partial charge in [-0.1, -0.05) is 89.9 Å². The summed E-state index contributed by atoms with van der Waals surface area (Å²) in [6, 6.07) is 35.1. The van der Waals surface area contributed by atoms with Gasteiger partial charge in [-0.3, -0.25) is 14.4 Å². The molecule has 8 nitrogen and oxygen atoms in total. The molecule has 0 aliphatic rings. The van der Waals surface area contributed by atoms with Gasteiger partial charge < -0.3 is 25.4 Å². The van der Waals surface area contributed by atoms with Crippen LogP contribution in [-0.2, 0) is 9.59 Å². The number of carbonyl (C=O) groups is 3. The molecule has 5 aromatic carbocycles. The van der Waals surface area contributed by atoms with Crippen LogP contribution >= 0.6 is 35.0 Å². The van der Waals surface area contributed by atoms with Crippen LogP contribution < -0.4 is 25.4 Å². The number of hydrogen-bond acceptors (Lipinski definition) is 6. The van der Waals surface area contributed by atoms with Gasteiger partial charge in [-0.25, -0.2) is 0 Å². The van der Waals surface area contributed by atoms with Gasteiger partial charge in [0.1, 0.15) is 10.9 Å². The van der Waals surface area contributed by atoms with Crippen molar-refractivity contribution in [3.05, 3.63) is 154 Å². The molecule has 0 fully saturated rings. The predicted molar refractivity (Wildman–Crippen MR) is 197 cm³/mol. The van der Waals surface area contributed by atoms with Crippen LogP contribution in [-0.4, -0.2) is 31.9 Å². The number of halogens is 2. The van der Waals surface area contributed by atoms with E-state index in [-0.39, 0.29) is 11.6 Å². The normalized spacial score (nSPS) is 11.6. The maximum absolute atomic E-state index is 13.8. The van der Waals surface area contributed by atoms with E-state index >= 15 is 0 Å². The third kappa shape index (κ3) is 9.23. The standard InChI is InChI=1S/C38H31Cl2N3O5S/c1-47-33-18-9-15-26(34(33)48-2)21-32(43-36(44)25-13-7-4-8-14-25)37(45)41-27-16-10-17-29(22-27)49-35(24-11-5-3-6-12-24)38(46)42-28-19-20-30(39)31(40)23-28/h3-23,35H,1-2H3,(H,41,45)(H,42,46)(H,43,44)/b32-21+. The lowest BCUT2D eigenvalue weighted by atomic mass is 10.1. The quantitative estimate of drug-likeness (QED) is 0.0882. The summed E-state index contributed by atoms with van der Waals surface area (Å²) >= 11 is 13.5. The summed E-state index contributed by atoms with van der Waals surface area (Å²) in [6.07, 6.45) is 1.52. The molecular formula is C38H31Cl2N3O5S. The first-order chi connectivity index (χ1) is 23.7. The van der Waals surface area contributed by atoms with Crippen LogP contribution in [0.25, 0.3) is 6.08 Å². The van der Waals surface area contributed by atoms with E-state index in [4.69, 9.17) is 32.7 Å². The number of thioether (sulfide) groups is 1. The lowest BCUT2D eigenvalue weighted by molar-refractivity contribution is -0.116. The average molecular weight is 713 g/mol. The van der Waals surface area contributed by atoms with Crippen LogP contribution in [0.4, 0.5) is 11.4 Å². The Balaban J connectivity index is 1.41. The molecule has 0 heterocycles. The first-order valence-electron chi connectivity index (χ1n) is 14.9. The van der Waals surface area contributed by atoms with Crippen molar-refractivity contribution in [2.45, 2.75) is 10.1 Å². The second kappa shape index (κ2) is 16.7.